The monoisotopic (exact) mass is 533 g/mol. The van der Waals surface area contributed by atoms with Gasteiger partial charge in [-0.3, -0.25) is 4.79 Å². The molecule has 0 bridgehead atoms. The van der Waals surface area contributed by atoms with Crippen LogP contribution in [0.25, 0.3) is 0 Å². The van der Waals surface area contributed by atoms with Crippen LogP contribution in [0.3, 0.4) is 0 Å². The van der Waals surface area contributed by atoms with Crippen molar-refractivity contribution in [2.75, 3.05) is 0 Å². The number of rotatable bonds is 30. The number of hydrogen-bond donors (Lipinski definition) is 0. The number of carbonyl (C=O) groups is 1. The van der Waals surface area contributed by atoms with Crippen LogP contribution in [0, 0.1) is 0 Å². The van der Waals surface area contributed by atoms with Gasteiger partial charge in [0.15, 0.2) is 11.9 Å². The van der Waals surface area contributed by atoms with E-state index in [2.05, 4.69) is 19.9 Å². The summed E-state index contributed by atoms with van der Waals surface area (Å²) in [6.45, 7) is 4.58. The summed E-state index contributed by atoms with van der Waals surface area (Å²) >= 11 is 0. The van der Waals surface area contributed by atoms with E-state index in [0.29, 0.717) is 5.76 Å². The molecule has 1 fully saturated rings. The lowest BCUT2D eigenvalue weighted by molar-refractivity contribution is -0.142. The molecule has 1 atom stereocenters. The number of ketones is 1. The van der Waals surface area contributed by atoms with Crippen molar-refractivity contribution in [3.05, 3.63) is 11.8 Å². The Morgan fingerprint density at radius 2 is 0.789 bits per heavy atom. The van der Waals surface area contributed by atoms with Crippen LogP contribution in [0.1, 0.15) is 206 Å². The van der Waals surface area contributed by atoms with Crippen molar-refractivity contribution in [2.24, 2.45) is 0 Å². The maximum absolute atomic E-state index is 12.3. The quantitative estimate of drug-likeness (QED) is 0.0679. The van der Waals surface area contributed by atoms with Crippen molar-refractivity contribution in [1.82, 2.24) is 0 Å². The molecule has 0 saturated carbocycles. The third-order valence-corrected chi connectivity index (χ3v) is 8.51. The summed E-state index contributed by atoms with van der Waals surface area (Å²) in [6, 6.07) is 0. The SMILES string of the molecule is CCCCCCCCCCCCCCCC/C=C1/OC(CCCCCCCCCCCCCCCC)C1=O. The third-order valence-electron chi connectivity index (χ3n) is 8.51. The molecule has 0 aliphatic carbocycles. The fraction of sp³-hybridized carbons (Fsp3) is 0.917. The van der Waals surface area contributed by atoms with Gasteiger partial charge in [-0.2, -0.15) is 0 Å². The molecular weight excluding hydrogens is 464 g/mol. The van der Waals surface area contributed by atoms with E-state index in [1.165, 1.54) is 173 Å². The number of Topliss-reactive ketones (excluding diaryl/α,β-unsaturated/α-hetero) is 1. The zero-order valence-corrected chi connectivity index (χ0v) is 26.2. The largest absolute Gasteiger partial charge is 0.479 e. The number of carbonyl (C=O) groups excluding carboxylic acids is 1. The minimum Gasteiger partial charge on any atom is -0.479 e. The van der Waals surface area contributed by atoms with Crippen LogP contribution >= 0.6 is 0 Å². The first-order valence-corrected chi connectivity index (χ1v) is 17.7. The second-order valence-corrected chi connectivity index (χ2v) is 12.3. The third kappa shape index (κ3) is 21.1. The summed E-state index contributed by atoms with van der Waals surface area (Å²) in [4.78, 5) is 12.3. The second-order valence-electron chi connectivity index (χ2n) is 12.3. The maximum atomic E-state index is 12.3. The van der Waals surface area contributed by atoms with Crippen LogP contribution in [0.5, 0.6) is 0 Å². The molecule has 1 aliphatic heterocycles. The highest BCUT2D eigenvalue weighted by molar-refractivity contribution is 6.01. The van der Waals surface area contributed by atoms with Crippen LogP contribution in [-0.2, 0) is 9.53 Å². The zero-order valence-electron chi connectivity index (χ0n) is 26.2. The fourth-order valence-corrected chi connectivity index (χ4v) is 5.80. The summed E-state index contributed by atoms with van der Waals surface area (Å²) in [5, 5.41) is 0. The standard InChI is InChI=1S/C36H68O2/c1-3-5-7-9-11-13-15-17-19-21-23-25-27-29-31-33-35-36(37)34(38-35)32-30-28-26-24-22-20-18-16-14-12-10-8-6-4-2/h33-34H,3-32H2,1-2H3/b35-33+. The molecule has 2 heteroatoms. The van der Waals surface area contributed by atoms with Gasteiger partial charge in [0, 0.05) is 0 Å². The van der Waals surface area contributed by atoms with Gasteiger partial charge in [0.2, 0.25) is 5.78 Å². The van der Waals surface area contributed by atoms with Gasteiger partial charge in [-0.15, -0.1) is 0 Å². The molecule has 0 aromatic heterocycles. The minimum absolute atomic E-state index is 0.130. The second kappa shape index (κ2) is 27.8. The number of hydrogen-bond acceptors (Lipinski definition) is 2. The molecule has 1 aliphatic rings. The Kier molecular flexibility index (Phi) is 25.7. The molecular formula is C36H68O2. The van der Waals surface area contributed by atoms with Crippen molar-refractivity contribution < 1.29 is 9.53 Å². The zero-order chi connectivity index (χ0) is 27.4. The molecule has 0 spiro atoms. The predicted molar refractivity (Wildman–Crippen MR) is 168 cm³/mol. The van der Waals surface area contributed by atoms with Gasteiger partial charge in [0.1, 0.15) is 0 Å². The minimum atomic E-state index is -0.130. The lowest BCUT2D eigenvalue weighted by Gasteiger charge is -2.29. The Bertz CT molecular complexity index is 537. The Morgan fingerprint density at radius 1 is 0.474 bits per heavy atom. The molecule has 1 rings (SSSR count). The Hall–Kier alpha value is -0.790. The van der Waals surface area contributed by atoms with Gasteiger partial charge in [-0.05, 0) is 31.8 Å². The summed E-state index contributed by atoms with van der Waals surface area (Å²) in [5.41, 5.74) is 0. The fourth-order valence-electron chi connectivity index (χ4n) is 5.80. The van der Waals surface area contributed by atoms with Crippen LogP contribution in [0.15, 0.2) is 11.8 Å². The first kappa shape index (κ1) is 35.2. The lowest BCUT2D eigenvalue weighted by atomic mass is 9.98. The van der Waals surface area contributed by atoms with Crippen molar-refractivity contribution in [3.8, 4) is 0 Å². The first-order chi connectivity index (χ1) is 18.8. The number of unbranched alkanes of at least 4 members (excludes halogenated alkanes) is 27. The number of allylic oxidation sites excluding steroid dienone is 1. The molecule has 1 heterocycles. The Morgan fingerprint density at radius 3 is 1.13 bits per heavy atom. The van der Waals surface area contributed by atoms with E-state index in [1.807, 2.05) is 0 Å². The van der Waals surface area contributed by atoms with Crippen LogP contribution in [0.2, 0.25) is 0 Å². The molecule has 38 heavy (non-hydrogen) atoms. The van der Waals surface area contributed by atoms with Crippen molar-refractivity contribution in [2.45, 2.75) is 213 Å². The molecule has 0 aromatic carbocycles. The first-order valence-electron chi connectivity index (χ1n) is 17.7. The van der Waals surface area contributed by atoms with E-state index in [-0.39, 0.29) is 11.9 Å². The molecule has 0 amide bonds. The average Bonchev–Trinajstić information content (AvgIpc) is 2.93. The van der Waals surface area contributed by atoms with E-state index >= 15 is 0 Å². The highest BCUT2D eigenvalue weighted by Gasteiger charge is 2.35. The summed E-state index contributed by atoms with van der Waals surface area (Å²) in [6.07, 6.45) is 42.6. The smallest absolute Gasteiger partial charge is 0.237 e. The molecule has 2 nitrogen and oxygen atoms in total. The van der Waals surface area contributed by atoms with Crippen LogP contribution in [0.4, 0.5) is 0 Å². The van der Waals surface area contributed by atoms with E-state index in [9.17, 15) is 4.79 Å². The molecule has 0 radical (unpaired) electrons. The normalized spacial score (nSPS) is 16.2. The van der Waals surface area contributed by atoms with Crippen molar-refractivity contribution in [1.29, 1.82) is 0 Å². The summed E-state index contributed by atoms with van der Waals surface area (Å²) < 4.78 is 5.80. The van der Waals surface area contributed by atoms with Gasteiger partial charge in [0.25, 0.3) is 0 Å². The molecule has 0 aromatic rings. The van der Waals surface area contributed by atoms with Gasteiger partial charge in [0.05, 0.1) is 0 Å². The van der Waals surface area contributed by atoms with E-state index in [4.69, 9.17) is 4.74 Å². The van der Waals surface area contributed by atoms with Crippen LogP contribution in [-0.4, -0.2) is 11.9 Å². The van der Waals surface area contributed by atoms with Gasteiger partial charge in [-0.1, -0.05) is 181 Å². The van der Waals surface area contributed by atoms with Crippen molar-refractivity contribution in [3.63, 3.8) is 0 Å². The summed E-state index contributed by atoms with van der Waals surface area (Å²) in [7, 11) is 0. The summed E-state index contributed by atoms with van der Waals surface area (Å²) in [5.74, 6) is 0.931. The Balaban J connectivity index is 1.79. The van der Waals surface area contributed by atoms with E-state index in [1.54, 1.807) is 0 Å². The predicted octanol–water partition coefficient (Wildman–Crippen LogP) is 12.6. The van der Waals surface area contributed by atoms with Gasteiger partial charge in [-0.25, -0.2) is 0 Å². The van der Waals surface area contributed by atoms with Gasteiger partial charge >= 0.3 is 0 Å². The highest BCUT2D eigenvalue weighted by Crippen LogP contribution is 2.26. The molecule has 1 saturated heterocycles. The van der Waals surface area contributed by atoms with E-state index in [0.717, 1.165) is 19.3 Å². The topological polar surface area (TPSA) is 26.3 Å². The Labute approximate surface area is 239 Å². The lowest BCUT2D eigenvalue weighted by Crippen LogP contribution is -2.37. The van der Waals surface area contributed by atoms with Gasteiger partial charge < -0.3 is 4.74 Å². The number of ether oxygens (including phenoxy) is 1. The highest BCUT2D eigenvalue weighted by atomic mass is 16.5. The van der Waals surface area contributed by atoms with Crippen LogP contribution < -0.4 is 0 Å². The van der Waals surface area contributed by atoms with E-state index < -0.39 is 0 Å². The molecule has 0 N–H and O–H groups in total. The maximum Gasteiger partial charge on any atom is 0.237 e. The molecule has 224 valence electrons. The van der Waals surface area contributed by atoms with Crippen molar-refractivity contribution >= 4 is 5.78 Å². The average molecular weight is 533 g/mol. The molecule has 1 unspecified atom stereocenters.